The highest BCUT2D eigenvalue weighted by atomic mass is 32.1. The van der Waals surface area contributed by atoms with Gasteiger partial charge in [-0.2, -0.15) is 0 Å². The van der Waals surface area contributed by atoms with Crippen LogP contribution in [0.1, 0.15) is 37.8 Å². The van der Waals surface area contributed by atoms with E-state index < -0.39 is 0 Å². The summed E-state index contributed by atoms with van der Waals surface area (Å²) in [6.45, 7) is 8.86. The van der Waals surface area contributed by atoms with Crippen LogP contribution in [-0.4, -0.2) is 59.6 Å². The molecular formula is C19H25N5O3S. The maximum atomic E-state index is 12.6. The molecule has 1 fully saturated rings. The zero-order chi connectivity index (χ0) is 19.7. The monoisotopic (exact) mass is 403 g/mol. The van der Waals surface area contributed by atoms with E-state index in [2.05, 4.69) is 20.7 Å². The van der Waals surface area contributed by atoms with Gasteiger partial charge in [-0.25, -0.2) is 4.79 Å². The van der Waals surface area contributed by atoms with Gasteiger partial charge in [0.15, 0.2) is 0 Å². The minimum Gasteiger partial charge on any atom is -0.361 e. The summed E-state index contributed by atoms with van der Waals surface area (Å²) < 4.78 is 5.27. The van der Waals surface area contributed by atoms with Gasteiger partial charge in [0.1, 0.15) is 5.76 Å². The molecule has 150 valence electrons. The minimum absolute atomic E-state index is 0.0451. The summed E-state index contributed by atoms with van der Waals surface area (Å²) in [5.41, 5.74) is 4.05. The largest absolute Gasteiger partial charge is 0.361 e. The molecule has 1 saturated heterocycles. The second kappa shape index (κ2) is 7.92. The van der Waals surface area contributed by atoms with Crippen molar-refractivity contribution in [3.05, 3.63) is 38.4 Å². The summed E-state index contributed by atoms with van der Waals surface area (Å²) in [4.78, 5) is 29.5. The first kappa shape index (κ1) is 18.9. The molecule has 28 heavy (non-hydrogen) atoms. The third-order valence-electron chi connectivity index (χ3n) is 5.45. The van der Waals surface area contributed by atoms with Crippen molar-refractivity contribution < 1.29 is 14.1 Å². The van der Waals surface area contributed by atoms with E-state index in [9.17, 15) is 9.59 Å². The van der Waals surface area contributed by atoms with E-state index in [1.807, 2.05) is 19.2 Å². The summed E-state index contributed by atoms with van der Waals surface area (Å²) >= 11 is 1.65. The molecule has 0 aliphatic carbocycles. The van der Waals surface area contributed by atoms with Gasteiger partial charge in [-0.15, -0.1) is 11.3 Å². The second-order valence-corrected chi connectivity index (χ2v) is 8.25. The van der Waals surface area contributed by atoms with E-state index in [1.165, 1.54) is 4.88 Å². The SMILES string of the molecule is Cc1noc(C)c1CN1CCc2c(C(=O)NCCN3CCNC3=O)csc2C1. The summed E-state index contributed by atoms with van der Waals surface area (Å²) in [6.07, 6.45) is 0.861. The molecule has 0 radical (unpaired) electrons. The molecule has 2 aliphatic heterocycles. The maximum absolute atomic E-state index is 12.6. The molecular weight excluding hydrogens is 378 g/mol. The van der Waals surface area contributed by atoms with E-state index >= 15 is 0 Å². The van der Waals surface area contributed by atoms with Crippen LogP contribution in [0.25, 0.3) is 0 Å². The summed E-state index contributed by atoms with van der Waals surface area (Å²) in [5.74, 6) is 0.831. The first-order chi connectivity index (χ1) is 13.5. The number of urea groups is 1. The van der Waals surface area contributed by atoms with Gasteiger partial charge in [-0.05, 0) is 25.8 Å². The molecule has 0 saturated carbocycles. The number of carbonyl (C=O) groups excluding carboxylic acids is 2. The van der Waals surface area contributed by atoms with Gasteiger partial charge >= 0.3 is 6.03 Å². The van der Waals surface area contributed by atoms with Crippen LogP contribution in [0.15, 0.2) is 9.90 Å². The van der Waals surface area contributed by atoms with Crippen molar-refractivity contribution in [2.75, 3.05) is 32.7 Å². The van der Waals surface area contributed by atoms with Crippen molar-refractivity contribution in [2.45, 2.75) is 33.4 Å². The van der Waals surface area contributed by atoms with E-state index in [1.54, 1.807) is 16.2 Å². The third kappa shape index (κ3) is 3.77. The predicted molar refractivity (Wildman–Crippen MR) is 105 cm³/mol. The van der Waals surface area contributed by atoms with Crippen LogP contribution in [0.5, 0.6) is 0 Å². The number of hydrogen-bond donors (Lipinski definition) is 2. The standard InChI is InChI=1S/C19H25N5O3S/c1-12-15(13(2)27-22-12)9-23-6-3-14-16(11-28-17(14)10-23)18(25)20-4-7-24-8-5-21-19(24)26/h11H,3-10H2,1-2H3,(H,20,25)(H,21,26). The van der Waals surface area contributed by atoms with Crippen molar-refractivity contribution in [1.82, 2.24) is 25.6 Å². The highest BCUT2D eigenvalue weighted by molar-refractivity contribution is 7.10. The Hall–Kier alpha value is -2.39. The Bertz CT molecular complexity index is 871. The highest BCUT2D eigenvalue weighted by Crippen LogP contribution is 2.30. The zero-order valence-corrected chi connectivity index (χ0v) is 17.0. The van der Waals surface area contributed by atoms with Crippen molar-refractivity contribution >= 4 is 23.3 Å². The van der Waals surface area contributed by atoms with E-state index in [0.29, 0.717) is 26.2 Å². The fourth-order valence-electron chi connectivity index (χ4n) is 3.78. The van der Waals surface area contributed by atoms with Gasteiger partial charge in [0.25, 0.3) is 5.91 Å². The number of carbonyl (C=O) groups is 2. The first-order valence-electron chi connectivity index (χ1n) is 9.57. The fourth-order valence-corrected chi connectivity index (χ4v) is 4.90. The first-order valence-corrected chi connectivity index (χ1v) is 10.4. The number of nitrogens with zero attached hydrogens (tertiary/aromatic N) is 3. The maximum Gasteiger partial charge on any atom is 0.317 e. The third-order valence-corrected chi connectivity index (χ3v) is 6.46. The molecule has 0 aromatic carbocycles. The lowest BCUT2D eigenvalue weighted by Crippen LogP contribution is -2.37. The van der Waals surface area contributed by atoms with E-state index in [4.69, 9.17) is 4.52 Å². The molecule has 8 nitrogen and oxygen atoms in total. The molecule has 2 aromatic rings. The average molecular weight is 404 g/mol. The topological polar surface area (TPSA) is 90.7 Å². The molecule has 0 bridgehead atoms. The van der Waals surface area contributed by atoms with Crippen molar-refractivity contribution in [3.63, 3.8) is 0 Å². The molecule has 2 N–H and O–H groups in total. The number of aryl methyl sites for hydroxylation is 2. The van der Waals surface area contributed by atoms with Crippen molar-refractivity contribution in [1.29, 1.82) is 0 Å². The minimum atomic E-state index is -0.0550. The zero-order valence-electron chi connectivity index (χ0n) is 16.2. The molecule has 0 atom stereocenters. The van der Waals surface area contributed by atoms with Crippen LogP contribution in [0.4, 0.5) is 4.79 Å². The molecule has 4 heterocycles. The molecule has 0 unspecified atom stereocenters. The number of amides is 3. The second-order valence-electron chi connectivity index (χ2n) is 7.29. The van der Waals surface area contributed by atoms with Gasteiger partial charge in [0.2, 0.25) is 0 Å². The van der Waals surface area contributed by atoms with Crippen LogP contribution < -0.4 is 10.6 Å². The Balaban J connectivity index is 1.34. The van der Waals surface area contributed by atoms with E-state index in [0.717, 1.165) is 54.2 Å². The predicted octanol–water partition coefficient (Wildman–Crippen LogP) is 1.67. The lowest BCUT2D eigenvalue weighted by Gasteiger charge is -2.27. The van der Waals surface area contributed by atoms with Gasteiger partial charge < -0.3 is 20.1 Å². The molecule has 3 amide bonds. The molecule has 4 rings (SSSR count). The van der Waals surface area contributed by atoms with Gasteiger partial charge in [-0.1, -0.05) is 5.16 Å². The number of rotatable bonds is 6. The molecule has 2 aromatic heterocycles. The van der Waals surface area contributed by atoms with Crippen LogP contribution in [0, 0.1) is 13.8 Å². The Morgan fingerprint density at radius 3 is 2.96 bits per heavy atom. The number of thiophene rings is 1. The van der Waals surface area contributed by atoms with Crippen LogP contribution >= 0.6 is 11.3 Å². The van der Waals surface area contributed by atoms with Gasteiger partial charge in [-0.3, -0.25) is 9.69 Å². The Labute approximate surface area is 167 Å². The Kier molecular flexibility index (Phi) is 5.36. The quantitative estimate of drug-likeness (QED) is 0.766. The van der Waals surface area contributed by atoms with Crippen molar-refractivity contribution in [2.24, 2.45) is 0 Å². The van der Waals surface area contributed by atoms with Crippen molar-refractivity contribution in [3.8, 4) is 0 Å². The number of aromatic nitrogens is 1. The highest BCUT2D eigenvalue weighted by Gasteiger charge is 2.25. The van der Waals surface area contributed by atoms with Gasteiger partial charge in [0.05, 0.1) is 11.3 Å². The average Bonchev–Trinajstić information content (AvgIpc) is 3.37. The summed E-state index contributed by atoms with van der Waals surface area (Å²) in [6, 6.07) is -0.0550. The number of fused-ring (bicyclic) bond motifs is 1. The number of nitrogens with one attached hydrogen (secondary N) is 2. The van der Waals surface area contributed by atoms with Crippen LogP contribution in [0.2, 0.25) is 0 Å². The molecule has 9 heteroatoms. The van der Waals surface area contributed by atoms with Crippen LogP contribution in [-0.2, 0) is 19.5 Å². The summed E-state index contributed by atoms with van der Waals surface area (Å²) in [7, 11) is 0. The summed E-state index contributed by atoms with van der Waals surface area (Å²) in [5, 5.41) is 11.7. The molecule has 0 spiro atoms. The fraction of sp³-hybridized carbons (Fsp3) is 0.526. The smallest absolute Gasteiger partial charge is 0.317 e. The normalized spacial score (nSPS) is 16.9. The number of hydrogen-bond acceptors (Lipinski definition) is 6. The van der Waals surface area contributed by atoms with Crippen LogP contribution in [0.3, 0.4) is 0 Å². The van der Waals surface area contributed by atoms with E-state index in [-0.39, 0.29) is 11.9 Å². The Morgan fingerprint density at radius 2 is 2.25 bits per heavy atom. The Morgan fingerprint density at radius 1 is 1.39 bits per heavy atom. The van der Waals surface area contributed by atoms with Gasteiger partial charge in [0, 0.05) is 61.6 Å². The lowest BCUT2D eigenvalue weighted by molar-refractivity contribution is 0.0949. The lowest BCUT2D eigenvalue weighted by atomic mass is 10.0. The molecule has 2 aliphatic rings.